The number of hydrogen-bond acceptors (Lipinski definition) is 3. The second-order valence-electron chi connectivity index (χ2n) is 6.87. The topological polar surface area (TPSA) is 41.1 Å². The molecule has 0 bridgehead atoms. The van der Waals surface area contributed by atoms with Crippen LogP contribution in [0.2, 0.25) is 0 Å². The van der Waals surface area contributed by atoms with Gasteiger partial charge < -0.3 is 5.32 Å². The molecule has 0 unspecified atom stereocenters. The monoisotopic (exact) mass is 416 g/mol. The van der Waals surface area contributed by atoms with E-state index in [2.05, 4.69) is 28.8 Å². The van der Waals surface area contributed by atoms with E-state index < -0.39 is 6.04 Å². The van der Waals surface area contributed by atoms with Crippen LogP contribution in [-0.4, -0.2) is 5.91 Å². The van der Waals surface area contributed by atoms with Gasteiger partial charge >= 0.3 is 0 Å². The van der Waals surface area contributed by atoms with Gasteiger partial charge in [-0.25, -0.2) is 4.39 Å². The molecule has 0 spiro atoms. The lowest BCUT2D eigenvalue weighted by Gasteiger charge is -2.25. The number of thiophene rings is 1. The van der Waals surface area contributed by atoms with Gasteiger partial charge in [-0.2, -0.15) is 0 Å². The van der Waals surface area contributed by atoms with E-state index in [4.69, 9.17) is 0 Å². The maximum Gasteiger partial charge on any atom is 0.246 e. The second-order valence-corrected chi connectivity index (χ2v) is 7.84. The van der Waals surface area contributed by atoms with Gasteiger partial charge in [-0.3, -0.25) is 10.1 Å². The summed E-state index contributed by atoms with van der Waals surface area (Å²) in [7, 11) is 0. The van der Waals surface area contributed by atoms with Crippen LogP contribution in [0.15, 0.2) is 102 Å². The van der Waals surface area contributed by atoms with Gasteiger partial charge in [-0.1, -0.05) is 66.7 Å². The Kier molecular flexibility index (Phi) is 6.32. The van der Waals surface area contributed by atoms with Crippen molar-refractivity contribution in [3.63, 3.8) is 0 Å². The van der Waals surface area contributed by atoms with Crippen molar-refractivity contribution in [1.29, 1.82) is 0 Å². The third kappa shape index (κ3) is 4.82. The van der Waals surface area contributed by atoms with E-state index in [1.54, 1.807) is 23.5 Å². The van der Waals surface area contributed by atoms with Crippen molar-refractivity contribution in [2.24, 2.45) is 0 Å². The molecule has 4 aromatic rings. The van der Waals surface area contributed by atoms with Gasteiger partial charge in [0.1, 0.15) is 11.9 Å². The number of carbonyl (C=O) groups excluding carboxylic acids is 1. The van der Waals surface area contributed by atoms with Crippen LogP contribution in [0.1, 0.15) is 28.1 Å². The first kappa shape index (κ1) is 20.0. The fourth-order valence-electron chi connectivity index (χ4n) is 3.33. The first-order valence-corrected chi connectivity index (χ1v) is 10.5. The zero-order chi connectivity index (χ0) is 20.8. The number of amides is 1. The van der Waals surface area contributed by atoms with Crippen LogP contribution in [0.4, 0.5) is 10.1 Å². The maximum atomic E-state index is 13.3. The largest absolute Gasteiger partial charge is 0.324 e. The highest BCUT2D eigenvalue weighted by Crippen LogP contribution is 2.29. The quantitative estimate of drug-likeness (QED) is 0.391. The van der Waals surface area contributed by atoms with Crippen LogP contribution >= 0.6 is 11.3 Å². The molecule has 1 heterocycles. The van der Waals surface area contributed by atoms with Gasteiger partial charge in [-0.05, 0) is 46.8 Å². The van der Waals surface area contributed by atoms with Crippen molar-refractivity contribution in [1.82, 2.24) is 5.32 Å². The Balaban J connectivity index is 1.66. The maximum absolute atomic E-state index is 13.3. The number of carbonyl (C=O) groups is 1. The molecule has 30 heavy (non-hydrogen) atoms. The zero-order valence-corrected chi connectivity index (χ0v) is 17.0. The van der Waals surface area contributed by atoms with E-state index in [-0.39, 0.29) is 17.8 Å². The van der Waals surface area contributed by atoms with Crippen molar-refractivity contribution in [2.45, 2.75) is 12.1 Å². The second kappa shape index (κ2) is 9.48. The molecule has 2 atom stereocenters. The molecule has 2 N–H and O–H groups in total. The summed E-state index contributed by atoms with van der Waals surface area (Å²) in [6, 6.07) is 28.8. The number of anilines is 1. The first-order valence-electron chi connectivity index (χ1n) is 9.66. The lowest BCUT2D eigenvalue weighted by Crippen LogP contribution is -2.35. The Morgan fingerprint density at radius 3 is 2.00 bits per heavy atom. The molecule has 5 heteroatoms. The Morgan fingerprint density at radius 2 is 1.40 bits per heavy atom. The molecule has 0 radical (unpaired) electrons. The van der Waals surface area contributed by atoms with Crippen LogP contribution < -0.4 is 10.6 Å². The minimum absolute atomic E-state index is 0.143. The summed E-state index contributed by atoms with van der Waals surface area (Å²) in [5.74, 6) is -0.544. The van der Waals surface area contributed by atoms with Gasteiger partial charge in [-0.15, -0.1) is 11.3 Å². The predicted octanol–water partition coefficient (Wildman–Crippen LogP) is 5.95. The summed E-state index contributed by atoms with van der Waals surface area (Å²) in [5.41, 5.74) is 2.49. The lowest BCUT2D eigenvalue weighted by atomic mass is 10.0. The summed E-state index contributed by atoms with van der Waals surface area (Å²) in [4.78, 5) is 14.4. The normalized spacial score (nSPS) is 12.8. The minimum atomic E-state index is -0.594. The number of rotatable bonds is 7. The molecular weight excluding hydrogens is 395 g/mol. The Hall–Kier alpha value is -3.28. The summed E-state index contributed by atoms with van der Waals surface area (Å²) in [5, 5.41) is 8.48. The molecule has 0 aliphatic rings. The van der Waals surface area contributed by atoms with E-state index in [9.17, 15) is 9.18 Å². The molecule has 4 rings (SSSR count). The molecule has 3 aromatic carbocycles. The SMILES string of the molecule is O=C(Nc1ccc(F)cc1)[C@@H](N[C@H](c1ccccc1)c1cccs1)c1ccccc1. The highest BCUT2D eigenvalue weighted by molar-refractivity contribution is 7.10. The highest BCUT2D eigenvalue weighted by Gasteiger charge is 2.26. The Bertz CT molecular complexity index is 1070. The fourth-order valence-corrected chi connectivity index (χ4v) is 4.14. The van der Waals surface area contributed by atoms with Crippen LogP contribution in [0.3, 0.4) is 0 Å². The van der Waals surface area contributed by atoms with Gasteiger partial charge in [0, 0.05) is 10.6 Å². The first-order chi connectivity index (χ1) is 14.7. The molecule has 0 aliphatic heterocycles. The number of nitrogens with one attached hydrogen (secondary N) is 2. The number of halogens is 1. The average molecular weight is 417 g/mol. The average Bonchev–Trinajstić information content (AvgIpc) is 3.32. The molecule has 3 nitrogen and oxygen atoms in total. The summed E-state index contributed by atoms with van der Waals surface area (Å²) in [6.07, 6.45) is 0. The van der Waals surface area contributed by atoms with Gasteiger partial charge in [0.2, 0.25) is 5.91 Å². The molecule has 0 saturated carbocycles. The summed E-state index contributed by atoms with van der Waals surface area (Å²) >= 11 is 1.64. The third-order valence-electron chi connectivity index (χ3n) is 4.80. The van der Waals surface area contributed by atoms with Gasteiger partial charge in [0.05, 0.1) is 6.04 Å². The lowest BCUT2D eigenvalue weighted by molar-refractivity contribution is -0.118. The summed E-state index contributed by atoms with van der Waals surface area (Å²) < 4.78 is 13.2. The Labute approximate surface area is 179 Å². The molecule has 0 fully saturated rings. The van der Waals surface area contributed by atoms with Crippen molar-refractivity contribution in [3.8, 4) is 0 Å². The number of benzene rings is 3. The Morgan fingerprint density at radius 1 is 0.767 bits per heavy atom. The highest BCUT2D eigenvalue weighted by atomic mass is 32.1. The zero-order valence-electron chi connectivity index (χ0n) is 16.2. The van der Waals surface area contributed by atoms with Crippen LogP contribution in [-0.2, 0) is 4.79 Å². The molecule has 0 aliphatic carbocycles. The molecule has 0 saturated heterocycles. The fraction of sp³-hybridized carbons (Fsp3) is 0.0800. The van der Waals surface area contributed by atoms with Gasteiger partial charge in [0.25, 0.3) is 0 Å². The van der Waals surface area contributed by atoms with Gasteiger partial charge in [0.15, 0.2) is 0 Å². The van der Waals surface area contributed by atoms with E-state index in [1.165, 1.54) is 12.1 Å². The third-order valence-corrected chi connectivity index (χ3v) is 5.74. The van der Waals surface area contributed by atoms with Crippen molar-refractivity contribution in [3.05, 3.63) is 124 Å². The number of hydrogen-bond donors (Lipinski definition) is 2. The minimum Gasteiger partial charge on any atom is -0.324 e. The van der Waals surface area contributed by atoms with Crippen LogP contribution in [0.25, 0.3) is 0 Å². The molecule has 150 valence electrons. The molecular formula is C25H21FN2OS. The standard InChI is InChI=1S/C25H21FN2OS/c26-20-13-15-21(16-14-20)27-25(29)24(19-10-5-2-6-11-19)28-23(22-12-7-17-30-22)18-8-3-1-4-9-18/h1-17,23-24,28H,(H,27,29)/t23-,24+/m1/s1. The molecule has 1 amide bonds. The molecule has 1 aromatic heterocycles. The smallest absolute Gasteiger partial charge is 0.246 e. The van der Waals surface area contributed by atoms with Crippen LogP contribution in [0, 0.1) is 5.82 Å². The predicted molar refractivity (Wildman–Crippen MR) is 120 cm³/mol. The van der Waals surface area contributed by atoms with E-state index in [1.807, 2.05) is 60.0 Å². The van der Waals surface area contributed by atoms with E-state index in [0.717, 1.165) is 16.0 Å². The van der Waals surface area contributed by atoms with Crippen molar-refractivity contribution < 1.29 is 9.18 Å². The van der Waals surface area contributed by atoms with Crippen molar-refractivity contribution >= 4 is 22.9 Å². The van der Waals surface area contributed by atoms with E-state index >= 15 is 0 Å². The van der Waals surface area contributed by atoms with Crippen molar-refractivity contribution in [2.75, 3.05) is 5.32 Å². The summed E-state index contributed by atoms with van der Waals surface area (Å²) in [6.45, 7) is 0. The van der Waals surface area contributed by atoms with E-state index in [0.29, 0.717) is 5.69 Å². The van der Waals surface area contributed by atoms with Crippen LogP contribution in [0.5, 0.6) is 0 Å².